The van der Waals surface area contributed by atoms with Gasteiger partial charge in [-0.1, -0.05) is 0 Å². The van der Waals surface area contributed by atoms with Crippen LogP contribution in [0.2, 0.25) is 0 Å². The molecule has 0 fully saturated rings. The molecule has 3 heteroatoms. The Kier molecular flexibility index (Phi) is 2.05. The van der Waals surface area contributed by atoms with Gasteiger partial charge in [-0.2, -0.15) is 0 Å². The van der Waals surface area contributed by atoms with Crippen molar-refractivity contribution in [2.24, 2.45) is 10.7 Å². The van der Waals surface area contributed by atoms with Crippen molar-refractivity contribution in [3.05, 3.63) is 0 Å². The van der Waals surface area contributed by atoms with Crippen LogP contribution in [0.5, 0.6) is 0 Å². The van der Waals surface area contributed by atoms with Gasteiger partial charge in [-0.15, -0.1) is 0 Å². The van der Waals surface area contributed by atoms with Gasteiger partial charge in [0.1, 0.15) is 0 Å². The minimum absolute atomic E-state index is 0.125. The summed E-state index contributed by atoms with van der Waals surface area (Å²) in [7, 11) is 0. The van der Waals surface area contributed by atoms with E-state index in [4.69, 9.17) is 11.1 Å². The van der Waals surface area contributed by atoms with Crippen molar-refractivity contribution in [1.82, 2.24) is 0 Å². The molecule has 0 rings (SSSR count). The van der Waals surface area contributed by atoms with Crippen LogP contribution in [0, 0.1) is 5.41 Å². The Hall–Kier alpha value is -0.860. The molecular weight excluding hydrogens is 90.1 g/mol. The highest BCUT2D eigenvalue weighted by Gasteiger charge is 1.77. The molecule has 0 atom stereocenters. The van der Waals surface area contributed by atoms with E-state index in [9.17, 15) is 0 Å². The molecule has 3 nitrogen and oxygen atoms in total. The van der Waals surface area contributed by atoms with Crippen LogP contribution in [0.4, 0.5) is 0 Å². The fourth-order valence-electron chi connectivity index (χ4n) is 0.241. The topological polar surface area (TPSA) is 62.2 Å². The van der Waals surface area contributed by atoms with E-state index in [0.29, 0.717) is 0 Å². The van der Waals surface area contributed by atoms with E-state index in [1.165, 1.54) is 0 Å². The smallest absolute Gasteiger partial charge is 0.212 e. The first-order chi connectivity index (χ1) is 3.13. The molecule has 40 valence electrons. The number of rotatable bonds is 0. The Bertz CT molecular complexity index is 99.5. The Morgan fingerprint density at radius 3 is 2.00 bits per heavy atom. The molecule has 3 N–H and O–H groups in total. The van der Waals surface area contributed by atoms with Crippen molar-refractivity contribution in [2.45, 2.75) is 13.8 Å². The largest absolute Gasteiger partial charge is 0.368 e. The van der Waals surface area contributed by atoms with Crippen LogP contribution in [0.1, 0.15) is 13.8 Å². The molecule has 0 heterocycles. The second-order valence-electron chi connectivity index (χ2n) is 1.44. The van der Waals surface area contributed by atoms with Gasteiger partial charge < -0.3 is 5.73 Å². The van der Waals surface area contributed by atoms with Gasteiger partial charge in [-0.3, -0.25) is 5.41 Å². The molecule has 0 bridgehead atoms. The quantitative estimate of drug-likeness (QED) is 0.334. The van der Waals surface area contributed by atoms with E-state index >= 15 is 0 Å². The average molecular weight is 99.1 g/mol. The van der Waals surface area contributed by atoms with E-state index < -0.39 is 0 Å². The number of nitrogens with two attached hydrogens (primary N) is 1. The van der Waals surface area contributed by atoms with Gasteiger partial charge in [-0.25, -0.2) is 4.99 Å². The van der Waals surface area contributed by atoms with Crippen LogP contribution in [-0.4, -0.2) is 11.7 Å². The van der Waals surface area contributed by atoms with Crippen molar-refractivity contribution in [1.29, 1.82) is 5.41 Å². The predicted octanol–water partition coefficient (Wildman–Crippen LogP) is 0.361. The van der Waals surface area contributed by atoms with E-state index in [1.807, 2.05) is 0 Å². The van der Waals surface area contributed by atoms with Crippen molar-refractivity contribution >= 4 is 11.7 Å². The highest BCUT2D eigenvalue weighted by atomic mass is 15.0. The summed E-state index contributed by atoms with van der Waals surface area (Å²) in [6.07, 6.45) is 0. The average Bonchev–Trinajstić information content (AvgIpc) is 1.27. The number of guanidine groups is 1. The fraction of sp³-hybridized carbons (Fsp3) is 0.500. The van der Waals surface area contributed by atoms with Crippen molar-refractivity contribution in [3.8, 4) is 0 Å². The number of nitrogens with zero attached hydrogens (tertiary/aromatic N) is 1. The van der Waals surface area contributed by atoms with Gasteiger partial charge in [-0.05, 0) is 13.8 Å². The molecule has 7 heavy (non-hydrogen) atoms. The maximum absolute atomic E-state index is 6.62. The first-order valence-corrected chi connectivity index (χ1v) is 1.99. The number of hydrogen-bond donors (Lipinski definition) is 2. The summed E-state index contributed by atoms with van der Waals surface area (Å²) in [4.78, 5) is 3.56. The number of hydrogen-bond acceptors (Lipinski definition) is 1. The zero-order valence-corrected chi connectivity index (χ0v) is 4.52. The van der Waals surface area contributed by atoms with E-state index in [-0.39, 0.29) is 5.96 Å². The first kappa shape index (κ1) is 6.14. The second-order valence-corrected chi connectivity index (χ2v) is 1.44. The molecule has 0 saturated carbocycles. The van der Waals surface area contributed by atoms with Crippen molar-refractivity contribution in [2.75, 3.05) is 0 Å². The van der Waals surface area contributed by atoms with Gasteiger partial charge in [0.15, 0.2) is 0 Å². The standard InChI is InChI=1S/C4H9N3/c1-3(2)7-4(5)6/h1-2H3,(H3,5,6). The summed E-state index contributed by atoms with van der Waals surface area (Å²) in [6, 6.07) is 0. The van der Waals surface area contributed by atoms with Crippen LogP contribution in [-0.2, 0) is 0 Å². The highest BCUT2D eigenvalue weighted by molar-refractivity contribution is 5.92. The fourth-order valence-corrected chi connectivity index (χ4v) is 0.241. The summed E-state index contributed by atoms with van der Waals surface area (Å²) >= 11 is 0. The Balaban J connectivity index is 3.68. The van der Waals surface area contributed by atoms with Crippen LogP contribution in [0.15, 0.2) is 4.99 Å². The molecule has 0 aromatic rings. The van der Waals surface area contributed by atoms with E-state index in [1.54, 1.807) is 13.8 Å². The zero-order chi connectivity index (χ0) is 5.86. The van der Waals surface area contributed by atoms with Crippen LogP contribution in [0.25, 0.3) is 0 Å². The van der Waals surface area contributed by atoms with E-state index in [2.05, 4.69) is 4.99 Å². The van der Waals surface area contributed by atoms with Crippen molar-refractivity contribution < 1.29 is 0 Å². The van der Waals surface area contributed by atoms with Crippen LogP contribution >= 0.6 is 0 Å². The first-order valence-electron chi connectivity index (χ1n) is 1.99. The van der Waals surface area contributed by atoms with E-state index in [0.717, 1.165) is 5.71 Å². The molecule has 0 radical (unpaired) electrons. The molecule has 0 aromatic heterocycles. The highest BCUT2D eigenvalue weighted by Crippen LogP contribution is 1.70. The maximum Gasteiger partial charge on any atom is 0.212 e. The molecule has 0 spiro atoms. The van der Waals surface area contributed by atoms with Crippen LogP contribution in [0.3, 0.4) is 0 Å². The molecular formula is C4H9N3. The second kappa shape index (κ2) is 2.34. The molecule has 0 aromatic carbocycles. The maximum atomic E-state index is 6.62. The lowest BCUT2D eigenvalue weighted by Gasteiger charge is -1.84. The van der Waals surface area contributed by atoms with Crippen LogP contribution < -0.4 is 5.73 Å². The zero-order valence-electron chi connectivity index (χ0n) is 4.52. The Labute approximate surface area is 42.8 Å². The Morgan fingerprint density at radius 1 is 1.57 bits per heavy atom. The van der Waals surface area contributed by atoms with Gasteiger partial charge in [0.2, 0.25) is 5.96 Å². The molecule has 0 unspecified atom stereocenters. The minimum atomic E-state index is -0.125. The number of nitrogens with one attached hydrogen (secondary N) is 1. The van der Waals surface area contributed by atoms with Gasteiger partial charge in [0, 0.05) is 5.71 Å². The lowest BCUT2D eigenvalue weighted by atomic mass is 10.5. The normalized spacial score (nSPS) is 7.71. The third kappa shape index (κ3) is 5.14. The monoisotopic (exact) mass is 99.1 g/mol. The molecule has 0 aliphatic rings. The predicted molar refractivity (Wildman–Crippen MR) is 30.7 cm³/mol. The Morgan fingerprint density at radius 2 is 2.00 bits per heavy atom. The van der Waals surface area contributed by atoms with Gasteiger partial charge in [0.25, 0.3) is 0 Å². The third-order valence-electron chi connectivity index (χ3n) is 0.344. The summed E-state index contributed by atoms with van der Waals surface area (Å²) in [5.74, 6) is -0.125. The summed E-state index contributed by atoms with van der Waals surface area (Å²) in [5, 5.41) is 6.62. The lowest BCUT2D eigenvalue weighted by molar-refractivity contribution is 1.37. The SMILES string of the molecule is CC(C)=NC(=N)N. The van der Waals surface area contributed by atoms with Crippen molar-refractivity contribution in [3.63, 3.8) is 0 Å². The summed E-state index contributed by atoms with van der Waals surface area (Å²) in [6.45, 7) is 3.59. The van der Waals surface area contributed by atoms with Gasteiger partial charge in [0.05, 0.1) is 0 Å². The summed E-state index contributed by atoms with van der Waals surface area (Å²) in [5.41, 5.74) is 5.70. The summed E-state index contributed by atoms with van der Waals surface area (Å²) < 4.78 is 0. The molecule has 0 aliphatic carbocycles. The number of aliphatic imine (C=N–C) groups is 1. The molecule has 0 saturated heterocycles. The lowest BCUT2D eigenvalue weighted by Crippen LogP contribution is -2.06. The third-order valence-corrected chi connectivity index (χ3v) is 0.344. The minimum Gasteiger partial charge on any atom is -0.368 e. The van der Waals surface area contributed by atoms with Gasteiger partial charge >= 0.3 is 0 Å². The molecule has 0 aliphatic heterocycles. The molecule has 0 amide bonds.